The molecule has 1 aliphatic rings. The number of nitrogens with one attached hydrogen (secondary N) is 2. The summed E-state index contributed by atoms with van der Waals surface area (Å²) in [7, 11) is 0. The van der Waals surface area contributed by atoms with Gasteiger partial charge in [-0.1, -0.05) is 35.9 Å². The first kappa shape index (κ1) is 19.2. The minimum Gasteiger partial charge on any atom is -0.484 e. The lowest BCUT2D eigenvalue weighted by Gasteiger charge is -2.08. The maximum atomic E-state index is 12.0. The highest BCUT2D eigenvalue weighted by Gasteiger charge is 2.23. The first-order valence-electron chi connectivity index (χ1n) is 9.11. The molecule has 2 amide bonds. The predicted octanol–water partition coefficient (Wildman–Crippen LogP) is 2.90. The van der Waals surface area contributed by atoms with Crippen LogP contribution in [0.3, 0.4) is 0 Å². The standard InChI is InChI=1S/C21H23ClN2O3/c22-17-5-1-16(2-6-17)13-20(25)23-12-11-15-3-9-19(10-4-15)27-14-21(26)24-18-7-8-18/h1-6,9-10,18H,7-8,11-14H2,(H,23,25)(H,24,26). The molecule has 0 atom stereocenters. The van der Waals surface area contributed by atoms with Crippen LogP contribution in [0.4, 0.5) is 0 Å². The molecule has 6 heteroatoms. The number of hydrogen-bond donors (Lipinski definition) is 2. The summed E-state index contributed by atoms with van der Waals surface area (Å²) < 4.78 is 5.48. The largest absolute Gasteiger partial charge is 0.484 e. The Kier molecular flexibility index (Phi) is 6.71. The molecule has 0 bridgehead atoms. The van der Waals surface area contributed by atoms with Crippen molar-refractivity contribution in [3.8, 4) is 5.75 Å². The Labute approximate surface area is 164 Å². The number of ether oxygens (including phenoxy) is 1. The normalized spacial score (nSPS) is 13.1. The lowest BCUT2D eigenvalue weighted by Crippen LogP contribution is -2.30. The van der Waals surface area contributed by atoms with E-state index in [0.29, 0.717) is 29.8 Å². The fourth-order valence-electron chi connectivity index (χ4n) is 2.59. The number of benzene rings is 2. The fourth-order valence-corrected chi connectivity index (χ4v) is 2.72. The molecule has 5 nitrogen and oxygen atoms in total. The Balaban J connectivity index is 1.34. The highest BCUT2D eigenvalue weighted by molar-refractivity contribution is 6.30. The third kappa shape index (κ3) is 6.94. The van der Waals surface area contributed by atoms with Gasteiger partial charge in [0.05, 0.1) is 6.42 Å². The van der Waals surface area contributed by atoms with Crippen molar-refractivity contribution < 1.29 is 14.3 Å². The summed E-state index contributed by atoms with van der Waals surface area (Å²) in [6.45, 7) is 0.604. The molecule has 0 saturated heterocycles. The van der Waals surface area contributed by atoms with Crippen LogP contribution in [0.2, 0.25) is 5.02 Å². The molecule has 0 unspecified atom stereocenters. The number of amides is 2. The molecule has 3 rings (SSSR count). The zero-order valence-corrected chi connectivity index (χ0v) is 15.8. The second-order valence-electron chi connectivity index (χ2n) is 6.68. The van der Waals surface area contributed by atoms with Crippen molar-refractivity contribution in [3.05, 3.63) is 64.7 Å². The van der Waals surface area contributed by atoms with Gasteiger partial charge < -0.3 is 15.4 Å². The van der Waals surface area contributed by atoms with Crippen LogP contribution in [0, 0.1) is 0 Å². The topological polar surface area (TPSA) is 67.4 Å². The van der Waals surface area contributed by atoms with E-state index in [1.807, 2.05) is 36.4 Å². The van der Waals surface area contributed by atoms with Crippen LogP contribution in [-0.2, 0) is 22.4 Å². The van der Waals surface area contributed by atoms with Crippen LogP contribution in [-0.4, -0.2) is 31.0 Å². The van der Waals surface area contributed by atoms with Crippen LogP contribution < -0.4 is 15.4 Å². The van der Waals surface area contributed by atoms with Gasteiger partial charge in [-0.2, -0.15) is 0 Å². The van der Waals surface area contributed by atoms with Crippen molar-refractivity contribution >= 4 is 23.4 Å². The number of carbonyl (C=O) groups is 2. The molecular formula is C21H23ClN2O3. The summed E-state index contributed by atoms with van der Waals surface area (Å²) in [5.41, 5.74) is 2.03. The van der Waals surface area contributed by atoms with E-state index in [9.17, 15) is 9.59 Å². The summed E-state index contributed by atoms with van der Waals surface area (Å²) in [6, 6.07) is 15.2. The third-order valence-electron chi connectivity index (χ3n) is 4.25. The summed E-state index contributed by atoms with van der Waals surface area (Å²) in [5.74, 6) is 0.570. The summed E-state index contributed by atoms with van der Waals surface area (Å²) in [4.78, 5) is 23.6. The van der Waals surface area contributed by atoms with E-state index in [1.54, 1.807) is 12.1 Å². The van der Waals surface area contributed by atoms with Gasteiger partial charge in [-0.3, -0.25) is 9.59 Å². The maximum absolute atomic E-state index is 12.0. The second-order valence-corrected chi connectivity index (χ2v) is 7.11. The van der Waals surface area contributed by atoms with Gasteiger partial charge in [-0.15, -0.1) is 0 Å². The van der Waals surface area contributed by atoms with Gasteiger partial charge in [0.1, 0.15) is 5.75 Å². The van der Waals surface area contributed by atoms with E-state index in [-0.39, 0.29) is 18.4 Å². The molecule has 27 heavy (non-hydrogen) atoms. The highest BCUT2D eigenvalue weighted by Crippen LogP contribution is 2.18. The molecule has 1 fully saturated rings. The van der Waals surface area contributed by atoms with Gasteiger partial charge in [0.25, 0.3) is 5.91 Å². The minimum atomic E-state index is -0.0787. The van der Waals surface area contributed by atoms with Crippen molar-refractivity contribution in [1.82, 2.24) is 10.6 Å². The monoisotopic (exact) mass is 386 g/mol. The SMILES string of the molecule is O=C(Cc1ccc(Cl)cc1)NCCc1ccc(OCC(=O)NC2CC2)cc1. The van der Waals surface area contributed by atoms with E-state index in [0.717, 1.165) is 30.4 Å². The molecule has 0 aliphatic heterocycles. The van der Waals surface area contributed by atoms with Gasteiger partial charge in [-0.05, 0) is 54.7 Å². The third-order valence-corrected chi connectivity index (χ3v) is 4.50. The lowest BCUT2D eigenvalue weighted by molar-refractivity contribution is -0.123. The molecule has 1 saturated carbocycles. The van der Waals surface area contributed by atoms with Gasteiger partial charge in [0.2, 0.25) is 5.91 Å². The average Bonchev–Trinajstić information content (AvgIpc) is 3.47. The van der Waals surface area contributed by atoms with E-state index in [1.165, 1.54) is 0 Å². The zero-order chi connectivity index (χ0) is 19.1. The Morgan fingerprint density at radius 2 is 1.63 bits per heavy atom. The first-order chi connectivity index (χ1) is 13.1. The summed E-state index contributed by atoms with van der Waals surface area (Å²) in [5, 5.41) is 6.46. The van der Waals surface area contributed by atoms with Gasteiger partial charge in [-0.25, -0.2) is 0 Å². The molecule has 2 aromatic carbocycles. The van der Waals surface area contributed by atoms with E-state index >= 15 is 0 Å². The average molecular weight is 387 g/mol. The lowest BCUT2D eigenvalue weighted by atomic mass is 10.1. The van der Waals surface area contributed by atoms with E-state index in [2.05, 4.69) is 10.6 Å². The molecule has 0 spiro atoms. The maximum Gasteiger partial charge on any atom is 0.258 e. The second kappa shape index (κ2) is 9.42. The van der Waals surface area contributed by atoms with Crippen molar-refractivity contribution in [1.29, 1.82) is 0 Å². The molecule has 0 heterocycles. The molecule has 1 aliphatic carbocycles. The van der Waals surface area contributed by atoms with Crippen molar-refractivity contribution in [2.45, 2.75) is 31.7 Å². The zero-order valence-electron chi connectivity index (χ0n) is 15.0. The predicted molar refractivity (Wildman–Crippen MR) is 105 cm³/mol. The van der Waals surface area contributed by atoms with Crippen LogP contribution in [0.1, 0.15) is 24.0 Å². The molecular weight excluding hydrogens is 364 g/mol. The van der Waals surface area contributed by atoms with Crippen LogP contribution in [0.25, 0.3) is 0 Å². The minimum absolute atomic E-state index is 0.0149. The number of hydrogen-bond acceptors (Lipinski definition) is 3. The molecule has 0 radical (unpaired) electrons. The fraction of sp³-hybridized carbons (Fsp3) is 0.333. The Hall–Kier alpha value is -2.53. The molecule has 2 N–H and O–H groups in total. The summed E-state index contributed by atoms with van der Waals surface area (Å²) in [6.07, 6.45) is 3.20. The Morgan fingerprint density at radius 3 is 2.30 bits per heavy atom. The highest BCUT2D eigenvalue weighted by atomic mass is 35.5. The Morgan fingerprint density at radius 1 is 0.963 bits per heavy atom. The van der Waals surface area contributed by atoms with Crippen LogP contribution >= 0.6 is 11.6 Å². The smallest absolute Gasteiger partial charge is 0.258 e. The van der Waals surface area contributed by atoms with Gasteiger partial charge in [0, 0.05) is 17.6 Å². The number of carbonyl (C=O) groups excluding carboxylic acids is 2. The van der Waals surface area contributed by atoms with E-state index in [4.69, 9.17) is 16.3 Å². The van der Waals surface area contributed by atoms with Crippen molar-refractivity contribution in [2.75, 3.05) is 13.2 Å². The van der Waals surface area contributed by atoms with Gasteiger partial charge in [0.15, 0.2) is 6.61 Å². The van der Waals surface area contributed by atoms with Gasteiger partial charge >= 0.3 is 0 Å². The van der Waals surface area contributed by atoms with Crippen molar-refractivity contribution in [2.24, 2.45) is 0 Å². The first-order valence-corrected chi connectivity index (χ1v) is 9.48. The number of halogens is 1. The number of rotatable bonds is 9. The molecule has 0 aromatic heterocycles. The van der Waals surface area contributed by atoms with E-state index < -0.39 is 0 Å². The van der Waals surface area contributed by atoms with Crippen LogP contribution in [0.15, 0.2) is 48.5 Å². The molecule has 142 valence electrons. The molecule has 2 aromatic rings. The Bertz CT molecular complexity index is 771. The quantitative estimate of drug-likeness (QED) is 0.696. The summed E-state index contributed by atoms with van der Waals surface area (Å²) >= 11 is 5.84. The van der Waals surface area contributed by atoms with Crippen LogP contribution in [0.5, 0.6) is 5.75 Å². The van der Waals surface area contributed by atoms with Crippen molar-refractivity contribution in [3.63, 3.8) is 0 Å².